The molecule has 0 aromatic carbocycles. The molecule has 2 aromatic heterocycles. The maximum Gasteiger partial charge on any atom is 0.235 e. The fourth-order valence-electron chi connectivity index (χ4n) is 2.12. The second-order valence-electron chi connectivity index (χ2n) is 4.66. The molecule has 2 aromatic rings. The lowest BCUT2D eigenvalue weighted by Gasteiger charge is -2.24. The summed E-state index contributed by atoms with van der Waals surface area (Å²) in [4.78, 5) is 8.66. The predicted octanol–water partition coefficient (Wildman–Crippen LogP) is 1.30. The van der Waals surface area contributed by atoms with Crippen molar-refractivity contribution in [2.24, 2.45) is 0 Å². The van der Waals surface area contributed by atoms with Gasteiger partial charge in [-0.25, -0.2) is 4.98 Å². The van der Waals surface area contributed by atoms with E-state index in [2.05, 4.69) is 15.1 Å². The lowest BCUT2D eigenvalue weighted by molar-refractivity contribution is -0.0149. The van der Waals surface area contributed by atoms with E-state index in [0.717, 1.165) is 5.69 Å². The van der Waals surface area contributed by atoms with Crippen molar-refractivity contribution in [1.29, 1.82) is 0 Å². The van der Waals surface area contributed by atoms with Crippen LogP contribution in [0.1, 0.15) is 23.9 Å². The molecule has 1 saturated heterocycles. The molecule has 6 heteroatoms. The molecule has 0 aliphatic carbocycles. The monoisotopic (exact) mass is 261 g/mol. The average Bonchev–Trinajstić information content (AvgIpc) is 2.89. The summed E-state index contributed by atoms with van der Waals surface area (Å²) in [5.74, 6) is 0.599. The minimum absolute atomic E-state index is 0.250. The summed E-state index contributed by atoms with van der Waals surface area (Å²) in [6, 6.07) is 5.63. The topological polar surface area (TPSA) is 81.3 Å². The number of nitrogens with zero attached hydrogens (tertiary/aromatic N) is 3. The van der Waals surface area contributed by atoms with Crippen LogP contribution in [0.2, 0.25) is 0 Å². The smallest absolute Gasteiger partial charge is 0.235 e. The van der Waals surface area contributed by atoms with Gasteiger partial charge in [0.1, 0.15) is 5.69 Å². The Kier molecular flexibility index (Phi) is 3.27. The number of hydrogen-bond acceptors (Lipinski definition) is 6. The molecule has 0 saturated carbocycles. The van der Waals surface area contributed by atoms with Crippen LogP contribution in [0.4, 0.5) is 0 Å². The highest BCUT2D eigenvalue weighted by molar-refractivity contribution is 5.48. The molecule has 3 heterocycles. The average molecular weight is 261 g/mol. The van der Waals surface area contributed by atoms with Crippen LogP contribution in [0, 0.1) is 6.92 Å². The Hall–Kier alpha value is -1.79. The highest BCUT2D eigenvalue weighted by Gasteiger charge is 2.30. The first-order valence-electron chi connectivity index (χ1n) is 6.27. The first kappa shape index (κ1) is 12.3. The molecule has 0 radical (unpaired) electrons. The Labute approximate surface area is 110 Å². The molecule has 0 spiro atoms. The van der Waals surface area contributed by atoms with Crippen molar-refractivity contribution in [3.63, 3.8) is 0 Å². The summed E-state index contributed by atoms with van der Waals surface area (Å²) in [6.45, 7) is 2.88. The van der Waals surface area contributed by atoms with E-state index in [4.69, 9.17) is 9.26 Å². The van der Waals surface area contributed by atoms with Crippen molar-refractivity contribution in [2.75, 3.05) is 13.2 Å². The maximum atomic E-state index is 9.92. The van der Waals surface area contributed by atoms with Crippen LogP contribution in [-0.4, -0.2) is 39.5 Å². The molecule has 100 valence electrons. The van der Waals surface area contributed by atoms with Gasteiger partial charge < -0.3 is 14.4 Å². The van der Waals surface area contributed by atoms with Gasteiger partial charge in [0.15, 0.2) is 0 Å². The maximum absolute atomic E-state index is 9.92. The number of aromatic nitrogens is 3. The van der Waals surface area contributed by atoms with Gasteiger partial charge in [-0.15, -0.1) is 0 Å². The van der Waals surface area contributed by atoms with Crippen LogP contribution < -0.4 is 0 Å². The number of aliphatic hydroxyl groups is 1. The van der Waals surface area contributed by atoms with Gasteiger partial charge in [-0.05, 0) is 25.5 Å². The highest BCUT2D eigenvalue weighted by atomic mass is 16.5. The van der Waals surface area contributed by atoms with Gasteiger partial charge in [0.2, 0.25) is 11.7 Å². The molecule has 1 aliphatic heterocycles. The van der Waals surface area contributed by atoms with Gasteiger partial charge >= 0.3 is 0 Å². The molecule has 2 unspecified atom stereocenters. The lowest BCUT2D eigenvalue weighted by Crippen LogP contribution is -2.30. The van der Waals surface area contributed by atoms with E-state index < -0.39 is 6.10 Å². The Morgan fingerprint density at radius 2 is 2.21 bits per heavy atom. The van der Waals surface area contributed by atoms with Crippen LogP contribution in [0.3, 0.4) is 0 Å². The molecular weight excluding hydrogens is 246 g/mol. The Morgan fingerprint density at radius 1 is 1.32 bits per heavy atom. The van der Waals surface area contributed by atoms with Gasteiger partial charge in [0.25, 0.3) is 0 Å². The SMILES string of the molecule is Cc1cccc(-c2noc(C3COCCC3O)n2)n1. The van der Waals surface area contributed by atoms with Gasteiger partial charge in [-0.2, -0.15) is 4.98 Å². The normalized spacial score (nSPS) is 23.5. The predicted molar refractivity (Wildman–Crippen MR) is 66.4 cm³/mol. The largest absolute Gasteiger partial charge is 0.392 e. The van der Waals surface area contributed by atoms with E-state index in [1.54, 1.807) is 0 Å². The molecule has 6 nitrogen and oxygen atoms in total. The van der Waals surface area contributed by atoms with E-state index in [0.29, 0.717) is 37.0 Å². The van der Waals surface area contributed by atoms with Crippen LogP contribution in [0.5, 0.6) is 0 Å². The molecule has 3 rings (SSSR count). The van der Waals surface area contributed by atoms with E-state index >= 15 is 0 Å². The van der Waals surface area contributed by atoms with E-state index in [1.165, 1.54) is 0 Å². The number of pyridine rings is 1. The molecule has 1 aliphatic rings. The van der Waals surface area contributed by atoms with E-state index in [-0.39, 0.29) is 5.92 Å². The fraction of sp³-hybridized carbons (Fsp3) is 0.462. The zero-order chi connectivity index (χ0) is 13.2. The summed E-state index contributed by atoms with van der Waals surface area (Å²) >= 11 is 0. The second-order valence-corrected chi connectivity index (χ2v) is 4.66. The van der Waals surface area contributed by atoms with Crippen molar-refractivity contribution in [3.05, 3.63) is 29.8 Å². The van der Waals surface area contributed by atoms with E-state index in [1.807, 2.05) is 25.1 Å². The Morgan fingerprint density at radius 3 is 3.00 bits per heavy atom. The van der Waals surface area contributed by atoms with Crippen molar-refractivity contribution < 1.29 is 14.4 Å². The third-order valence-electron chi connectivity index (χ3n) is 3.20. The minimum atomic E-state index is -0.493. The number of aryl methyl sites for hydroxylation is 1. The molecule has 1 N–H and O–H groups in total. The zero-order valence-electron chi connectivity index (χ0n) is 10.6. The summed E-state index contributed by atoms with van der Waals surface area (Å²) < 4.78 is 10.6. The van der Waals surface area contributed by atoms with Crippen molar-refractivity contribution in [3.8, 4) is 11.5 Å². The van der Waals surface area contributed by atoms with Crippen molar-refractivity contribution in [2.45, 2.75) is 25.4 Å². The van der Waals surface area contributed by atoms with Crippen molar-refractivity contribution >= 4 is 0 Å². The fourth-order valence-corrected chi connectivity index (χ4v) is 2.12. The standard InChI is InChI=1S/C13H15N3O3/c1-8-3-2-4-10(14-8)12-15-13(19-16-12)9-7-18-6-5-11(9)17/h2-4,9,11,17H,5-7H2,1H3. The quantitative estimate of drug-likeness (QED) is 0.877. The number of aliphatic hydroxyl groups excluding tert-OH is 1. The van der Waals surface area contributed by atoms with Gasteiger partial charge in [-0.3, -0.25) is 0 Å². The van der Waals surface area contributed by atoms with Crippen LogP contribution >= 0.6 is 0 Å². The summed E-state index contributed by atoms with van der Waals surface area (Å²) in [6.07, 6.45) is 0.0953. The number of ether oxygens (including phenoxy) is 1. The van der Waals surface area contributed by atoms with Crippen molar-refractivity contribution in [1.82, 2.24) is 15.1 Å². The first-order valence-corrected chi connectivity index (χ1v) is 6.27. The third kappa shape index (κ3) is 2.50. The Bertz CT molecular complexity index is 570. The molecule has 0 amide bonds. The van der Waals surface area contributed by atoms with Gasteiger partial charge in [0, 0.05) is 12.3 Å². The summed E-state index contributed by atoms with van der Waals surface area (Å²) in [5.41, 5.74) is 1.56. The van der Waals surface area contributed by atoms with Gasteiger partial charge in [0.05, 0.1) is 18.6 Å². The van der Waals surface area contributed by atoms with Crippen LogP contribution in [0.15, 0.2) is 22.7 Å². The number of rotatable bonds is 2. The summed E-state index contributed by atoms with van der Waals surface area (Å²) in [7, 11) is 0. The van der Waals surface area contributed by atoms with Crippen LogP contribution in [0.25, 0.3) is 11.5 Å². The Balaban J connectivity index is 1.86. The summed E-state index contributed by atoms with van der Waals surface area (Å²) in [5, 5.41) is 13.8. The molecule has 1 fully saturated rings. The third-order valence-corrected chi connectivity index (χ3v) is 3.20. The number of hydrogen-bond donors (Lipinski definition) is 1. The zero-order valence-corrected chi connectivity index (χ0v) is 10.6. The lowest BCUT2D eigenvalue weighted by atomic mass is 9.99. The molecule has 19 heavy (non-hydrogen) atoms. The van der Waals surface area contributed by atoms with Crippen LogP contribution in [-0.2, 0) is 4.74 Å². The minimum Gasteiger partial charge on any atom is -0.392 e. The molecule has 2 atom stereocenters. The first-order chi connectivity index (χ1) is 9.24. The van der Waals surface area contributed by atoms with Gasteiger partial charge in [-0.1, -0.05) is 11.2 Å². The molecule has 0 bridgehead atoms. The van der Waals surface area contributed by atoms with E-state index in [9.17, 15) is 5.11 Å². The second kappa shape index (κ2) is 5.07. The highest BCUT2D eigenvalue weighted by Crippen LogP contribution is 2.26. The molecular formula is C13H15N3O3.